The molecule has 13 heteroatoms. The molecule has 0 aliphatic carbocycles. The Bertz CT molecular complexity index is 2340. The van der Waals surface area contributed by atoms with Gasteiger partial charge in [0.25, 0.3) is 11.8 Å². The Labute approximate surface area is 306 Å². The number of unbranched alkanes of at least 4 members (excludes halogenated alkanes) is 1. The topological polar surface area (TPSA) is 173 Å². The number of amides is 5. The Morgan fingerprint density at radius 2 is 1.57 bits per heavy atom. The van der Waals surface area contributed by atoms with Gasteiger partial charge in [-0.1, -0.05) is 30.3 Å². The number of benzene rings is 3. The van der Waals surface area contributed by atoms with Crippen LogP contribution in [0, 0.1) is 0 Å². The van der Waals surface area contributed by atoms with Crippen molar-refractivity contribution in [3.05, 3.63) is 58.7 Å². The summed E-state index contributed by atoms with van der Waals surface area (Å²) in [6, 6.07) is 11.0. The highest BCUT2D eigenvalue weighted by Gasteiger charge is 2.36. The molecule has 2 aromatic heterocycles. The zero-order chi connectivity index (χ0) is 37.8. The fourth-order valence-electron chi connectivity index (χ4n) is 7.59. The number of rotatable bonds is 9. The summed E-state index contributed by atoms with van der Waals surface area (Å²) in [5.41, 5.74) is 5.05. The fraction of sp³-hybridized carbons (Fsp3) is 0.425. The van der Waals surface area contributed by atoms with Crippen LogP contribution in [0.25, 0.3) is 43.6 Å². The standard InChI is InChI=1S/C40H46N6O7/c1-39(2,3)52-37(50)41-17-8-7-14-25(44-38(51)53-40(4,5)6)34(47)42-20-21-15-16-23-26(19-21)43-31-27(23)29-30(36(49)45-35(29)48)28-24-13-9-11-22-12-10-18-46(32(22)24)33(28)31/h9,11,13,15-16,19,25,43H,7-8,10,12,14,17-18,20H2,1-6H3,(H,41,50)(H,42,47)(H,44,51)(H,45,48,49). The van der Waals surface area contributed by atoms with Crippen LogP contribution < -0.4 is 21.3 Å². The van der Waals surface area contributed by atoms with Crippen molar-refractivity contribution in [2.24, 2.45) is 0 Å². The van der Waals surface area contributed by atoms with Crippen molar-refractivity contribution in [1.82, 2.24) is 30.8 Å². The highest BCUT2D eigenvalue weighted by atomic mass is 16.6. The highest BCUT2D eigenvalue weighted by Crippen LogP contribution is 2.45. The summed E-state index contributed by atoms with van der Waals surface area (Å²) < 4.78 is 13.0. The number of alkyl carbamates (subject to hydrolysis) is 2. The summed E-state index contributed by atoms with van der Waals surface area (Å²) in [6.45, 7) is 11.9. The average molecular weight is 723 g/mol. The molecule has 0 saturated heterocycles. The van der Waals surface area contributed by atoms with Crippen LogP contribution in [0.4, 0.5) is 9.59 Å². The predicted octanol–water partition coefficient (Wildman–Crippen LogP) is 6.46. The minimum Gasteiger partial charge on any atom is -0.444 e. The van der Waals surface area contributed by atoms with E-state index in [0.29, 0.717) is 42.3 Å². The quantitative estimate of drug-likeness (QED) is 0.0858. The molecule has 0 saturated carbocycles. The van der Waals surface area contributed by atoms with Crippen LogP contribution in [0.2, 0.25) is 0 Å². The van der Waals surface area contributed by atoms with Crippen LogP contribution in [-0.4, -0.2) is 63.2 Å². The van der Waals surface area contributed by atoms with Crippen LogP contribution in [0.1, 0.15) is 99.1 Å². The molecule has 2 aliphatic heterocycles. The fourth-order valence-corrected chi connectivity index (χ4v) is 7.59. The molecule has 1 unspecified atom stereocenters. The van der Waals surface area contributed by atoms with E-state index in [9.17, 15) is 24.0 Å². The van der Waals surface area contributed by atoms with Crippen molar-refractivity contribution in [1.29, 1.82) is 0 Å². The Hall–Kier alpha value is -5.59. The van der Waals surface area contributed by atoms with Crippen LogP contribution >= 0.6 is 0 Å². The van der Waals surface area contributed by atoms with Crippen molar-refractivity contribution in [2.75, 3.05) is 6.54 Å². The average Bonchev–Trinajstić information content (AvgIpc) is 3.70. The second-order valence-corrected chi connectivity index (χ2v) is 15.9. The molecule has 0 spiro atoms. The van der Waals surface area contributed by atoms with E-state index in [1.165, 1.54) is 5.56 Å². The monoisotopic (exact) mass is 722 g/mol. The van der Waals surface area contributed by atoms with E-state index in [0.717, 1.165) is 63.2 Å². The number of imide groups is 1. The minimum atomic E-state index is -0.875. The number of H-pyrrole nitrogens is 1. The van der Waals surface area contributed by atoms with Crippen molar-refractivity contribution in [3.63, 3.8) is 0 Å². The lowest BCUT2D eigenvalue weighted by Gasteiger charge is -2.23. The zero-order valence-corrected chi connectivity index (χ0v) is 31.0. The predicted molar refractivity (Wildman–Crippen MR) is 202 cm³/mol. The second kappa shape index (κ2) is 13.4. The molecule has 5 amide bonds. The highest BCUT2D eigenvalue weighted by molar-refractivity contribution is 6.39. The number of hydrogen-bond acceptors (Lipinski definition) is 7. The van der Waals surface area contributed by atoms with Gasteiger partial charge in [-0.3, -0.25) is 19.7 Å². The molecule has 5 aromatic rings. The first-order valence-corrected chi connectivity index (χ1v) is 18.2. The van der Waals surface area contributed by atoms with E-state index in [1.807, 2.05) is 30.3 Å². The number of aromatic nitrogens is 2. The number of nitrogens with zero attached hydrogens (tertiary/aromatic N) is 1. The normalized spacial score (nSPS) is 14.8. The third-order valence-corrected chi connectivity index (χ3v) is 9.59. The van der Waals surface area contributed by atoms with Gasteiger partial charge in [0.15, 0.2) is 0 Å². The van der Waals surface area contributed by atoms with Crippen molar-refractivity contribution in [3.8, 4) is 0 Å². The number of ether oxygens (including phenoxy) is 2. The van der Waals surface area contributed by atoms with Gasteiger partial charge < -0.3 is 35.0 Å². The lowest BCUT2D eigenvalue weighted by Crippen LogP contribution is -2.48. The van der Waals surface area contributed by atoms with Crippen LogP contribution in [0.5, 0.6) is 0 Å². The Morgan fingerprint density at radius 3 is 2.30 bits per heavy atom. The van der Waals surface area contributed by atoms with Gasteiger partial charge in [-0.25, -0.2) is 9.59 Å². The van der Waals surface area contributed by atoms with Gasteiger partial charge in [0, 0.05) is 46.7 Å². The summed E-state index contributed by atoms with van der Waals surface area (Å²) in [5.74, 6) is -1.18. The summed E-state index contributed by atoms with van der Waals surface area (Å²) in [6.07, 6.45) is 2.13. The van der Waals surface area contributed by atoms with Crippen LogP contribution in [-0.2, 0) is 33.8 Å². The Morgan fingerprint density at radius 1 is 0.849 bits per heavy atom. The largest absolute Gasteiger partial charge is 0.444 e. The third kappa shape index (κ3) is 6.99. The van der Waals surface area contributed by atoms with Gasteiger partial charge in [-0.15, -0.1) is 0 Å². The number of aryl methyl sites for hydroxylation is 2. The summed E-state index contributed by atoms with van der Waals surface area (Å²) in [5, 5.41) is 14.2. The second-order valence-electron chi connectivity index (χ2n) is 15.9. The lowest BCUT2D eigenvalue weighted by atomic mass is 9.96. The smallest absolute Gasteiger partial charge is 0.408 e. The van der Waals surface area contributed by atoms with Gasteiger partial charge in [0.2, 0.25) is 5.91 Å². The molecule has 0 fully saturated rings. The van der Waals surface area contributed by atoms with Gasteiger partial charge in [0.05, 0.1) is 27.7 Å². The molecule has 5 N–H and O–H groups in total. The van der Waals surface area contributed by atoms with Gasteiger partial charge in [0.1, 0.15) is 17.2 Å². The first-order valence-electron chi connectivity index (χ1n) is 18.2. The minimum absolute atomic E-state index is 0.174. The summed E-state index contributed by atoms with van der Waals surface area (Å²) >= 11 is 0. The summed E-state index contributed by atoms with van der Waals surface area (Å²) in [4.78, 5) is 68.5. The van der Waals surface area contributed by atoms with Gasteiger partial charge in [-0.2, -0.15) is 0 Å². The number of carbonyl (C=O) groups is 5. The molecular formula is C40H46N6O7. The number of carbonyl (C=O) groups excluding carboxylic acids is 5. The number of para-hydroxylation sites is 1. The van der Waals surface area contributed by atoms with Gasteiger partial charge >= 0.3 is 12.2 Å². The van der Waals surface area contributed by atoms with E-state index < -0.39 is 35.3 Å². The van der Waals surface area contributed by atoms with Crippen molar-refractivity contribution in [2.45, 2.75) is 104 Å². The molecule has 3 aromatic carbocycles. The van der Waals surface area contributed by atoms with Gasteiger partial charge in [-0.05, 0) is 90.8 Å². The number of hydrogen-bond donors (Lipinski definition) is 5. The van der Waals surface area contributed by atoms with E-state index >= 15 is 0 Å². The van der Waals surface area contributed by atoms with E-state index in [2.05, 4.69) is 36.9 Å². The van der Waals surface area contributed by atoms with E-state index in [-0.39, 0.29) is 18.4 Å². The maximum absolute atomic E-state index is 13.5. The summed E-state index contributed by atoms with van der Waals surface area (Å²) in [7, 11) is 0. The number of fused-ring (bicyclic) bond motifs is 10. The number of nitrogens with one attached hydrogen (secondary N) is 5. The van der Waals surface area contributed by atoms with E-state index in [4.69, 9.17) is 9.47 Å². The van der Waals surface area contributed by atoms with Crippen molar-refractivity contribution >= 4 is 73.5 Å². The molecule has 4 heterocycles. The molecule has 53 heavy (non-hydrogen) atoms. The first kappa shape index (κ1) is 35.8. The molecule has 7 rings (SSSR count). The third-order valence-electron chi connectivity index (χ3n) is 9.59. The molecule has 0 radical (unpaired) electrons. The number of aromatic amines is 1. The molecular weight excluding hydrogens is 676 g/mol. The molecule has 1 atom stereocenters. The first-order chi connectivity index (χ1) is 25.1. The molecule has 13 nitrogen and oxygen atoms in total. The lowest BCUT2D eigenvalue weighted by molar-refractivity contribution is -0.123. The van der Waals surface area contributed by atoms with Crippen LogP contribution in [0.15, 0.2) is 36.4 Å². The molecule has 278 valence electrons. The zero-order valence-electron chi connectivity index (χ0n) is 31.0. The van der Waals surface area contributed by atoms with Crippen LogP contribution in [0.3, 0.4) is 0 Å². The maximum atomic E-state index is 13.5. The van der Waals surface area contributed by atoms with Crippen molar-refractivity contribution < 1.29 is 33.4 Å². The molecule has 2 aliphatic rings. The van der Waals surface area contributed by atoms with E-state index in [1.54, 1.807) is 41.5 Å². The molecule has 0 bridgehead atoms. The Kier molecular flexibility index (Phi) is 9.07. The maximum Gasteiger partial charge on any atom is 0.408 e. The SMILES string of the molecule is CC(C)(C)OC(=O)NCCCCC(NC(=O)OC(C)(C)C)C(=O)NCc1ccc2c(c1)[nH]c1c2c2c(c3c4cccc5c4n(c13)CCC5)C(=O)NC2=O. The Balaban J connectivity index is 1.14.